The van der Waals surface area contributed by atoms with Crippen molar-refractivity contribution < 1.29 is 13.2 Å². The van der Waals surface area contributed by atoms with Crippen molar-refractivity contribution in [3.8, 4) is 0 Å². The zero-order chi connectivity index (χ0) is 15.3. The van der Waals surface area contributed by atoms with Crippen molar-refractivity contribution in [3.63, 3.8) is 0 Å². The topological polar surface area (TPSA) is 75.3 Å². The highest BCUT2D eigenvalue weighted by atomic mass is 35.5. The molecule has 0 aromatic heterocycles. The normalized spacial score (nSPS) is 18.3. The number of amides is 1. The second-order valence-corrected chi connectivity index (χ2v) is 7.74. The monoisotopic (exact) mass is 346 g/mol. The van der Waals surface area contributed by atoms with Gasteiger partial charge in [-0.15, -0.1) is 12.4 Å². The molecule has 0 aliphatic carbocycles. The molecule has 1 fully saturated rings. The summed E-state index contributed by atoms with van der Waals surface area (Å²) in [7, 11) is -3.08. The standard InChI is InChI=1S/C15H22N2O3S.ClH/c1-21(19,20)11-14-6-3-2-5-12(14)10-17-15(18)13-7-4-8-16-9-13;/h2-3,5-6,13,16H,4,7-11H2,1H3,(H,17,18);1H. The summed E-state index contributed by atoms with van der Waals surface area (Å²) in [6.45, 7) is 2.07. The van der Waals surface area contributed by atoms with Crippen LogP contribution in [-0.4, -0.2) is 33.7 Å². The summed E-state index contributed by atoms with van der Waals surface area (Å²) in [6, 6.07) is 7.33. The molecular weight excluding hydrogens is 324 g/mol. The van der Waals surface area contributed by atoms with Crippen LogP contribution >= 0.6 is 12.4 Å². The van der Waals surface area contributed by atoms with Gasteiger partial charge in [0.25, 0.3) is 0 Å². The van der Waals surface area contributed by atoms with Gasteiger partial charge in [0.1, 0.15) is 0 Å². The first-order chi connectivity index (χ1) is 9.96. The van der Waals surface area contributed by atoms with Gasteiger partial charge in [-0.3, -0.25) is 4.79 Å². The number of halogens is 1. The van der Waals surface area contributed by atoms with E-state index in [0.717, 1.165) is 37.1 Å². The highest BCUT2D eigenvalue weighted by Crippen LogP contribution is 2.14. The number of hydrogen-bond donors (Lipinski definition) is 2. The molecule has 2 rings (SSSR count). The van der Waals surface area contributed by atoms with Gasteiger partial charge < -0.3 is 10.6 Å². The SMILES string of the molecule is CS(=O)(=O)Cc1ccccc1CNC(=O)C1CCCNC1.Cl. The summed E-state index contributed by atoms with van der Waals surface area (Å²) in [5.41, 5.74) is 1.61. The molecule has 5 nitrogen and oxygen atoms in total. The fraction of sp³-hybridized carbons (Fsp3) is 0.533. The van der Waals surface area contributed by atoms with Crippen molar-refractivity contribution in [1.82, 2.24) is 10.6 Å². The van der Waals surface area contributed by atoms with Gasteiger partial charge in [0.2, 0.25) is 5.91 Å². The van der Waals surface area contributed by atoms with E-state index in [4.69, 9.17) is 0 Å². The van der Waals surface area contributed by atoms with E-state index >= 15 is 0 Å². The molecule has 1 heterocycles. The van der Waals surface area contributed by atoms with Crippen molar-refractivity contribution in [2.45, 2.75) is 25.1 Å². The summed E-state index contributed by atoms with van der Waals surface area (Å²) in [6.07, 6.45) is 3.14. The molecule has 1 unspecified atom stereocenters. The maximum absolute atomic E-state index is 12.1. The second kappa shape index (κ2) is 8.50. The number of nitrogens with one attached hydrogen (secondary N) is 2. The van der Waals surface area contributed by atoms with Crippen LogP contribution in [0.25, 0.3) is 0 Å². The smallest absolute Gasteiger partial charge is 0.224 e. The highest BCUT2D eigenvalue weighted by molar-refractivity contribution is 7.89. The summed E-state index contributed by atoms with van der Waals surface area (Å²) >= 11 is 0. The van der Waals surface area contributed by atoms with Crippen LogP contribution in [0.2, 0.25) is 0 Å². The van der Waals surface area contributed by atoms with Gasteiger partial charge in [0.15, 0.2) is 9.84 Å². The largest absolute Gasteiger partial charge is 0.352 e. The fourth-order valence-corrected chi connectivity index (χ4v) is 3.40. The van der Waals surface area contributed by atoms with Gasteiger partial charge in [-0.2, -0.15) is 0 Å². The quantitative estimate of drug-likeness (QED) is 0.842. The lowest BCUT2D eigenvalue weighted by molar-refractivity contribution is -0.125. The first kappa shape index (κ1) is 18.9. The first-order valence-corrected chi connectivity index (χ1v) is 9.25. The molecule has 2 N–H and O–H groups in total. The zero-order valence-electron chi connectivity index (χ0n) is 12.7. The lowest BCUT2D eigenvalue weighted by Gasteiger charge is -2.22. The van der Waals surface area contributed by atoms with Crippen LogP contribution in [-0.2, 0) is 26.9 Å². The number of sulfone groups is 1. The Balaban J connectivity index is 0.00000242. The van der Waals surface area contributed by atoms with Crippen LogP contribution < -0.4 is 10.6 Å². The number of benzene rings is 1. The second-order valence-electron chi connectivity index (χ2n) is 5.60. The predicted octanol–water partition coefficient (Wildman–Crippen LogP) is 1.27. The molecular formula is C15H23ClN2O3S. The third kappa shape index (κ3) is 5.94. The molecule has 1 amide bonds. The summed E-state index contributed by atoms with van der Waals surface area (Å²) < 4.78 is 22.9. The molecule has 0 bridgehead atoms. The Bertz CT molecular complexity index is 599. The van der Waals surface area contributed by atoms with Gasteiger partial charge in [-0.05, 0) is 30.5 Å². The average Bonchev–Trinajstić information content (AvgIpc) is 2.45. The molecule has 0 saturated carbocycles. The van der Waals surface area contributed by atoms with Crippen molar-refractivity contribution in [3.05, 3.63) is 35.4 Å². The molecule has 1 aromatic carbocycles. The van der Waals surface area contributed by atoms with E-state index in [1.807, 2.05) is 18.2 Å². The van der Waals surface area contributed by atoms with Crippen molar-refractivity contribution in [2.75, 3.05) is 19.3 Å². The Hall–Kier alpha value is -1.11. The summed E-state index contributed by atoms with van der Waals surface area (Å²) in [5.74, 6) is 0.0569. The van der Waals surface area contributed by atoms with E-state index in [0.29, 0.717) is 6.54 Å². The fourth-order valence-electron chi connectivity index (χ4n) is 2.56. The molecule has 7 heteroatoms. The molecule has 1 atom stereocenters. The Kier molecular flexibility index (Phi) is 7.32. The molecule has 22 heavy (non-hydrogen) atoms. The van der Waals surface area contributed by atoms with Crippen LogP contribution in [0.4, 0.5) is 0 Å². The Labute approximate surface area is 138 Å². The van der Waals surface area contributed by atoms with Crippen LogP contribution in [0.5, 0.6) is 0 Å². The van der Waals surface area contributed by atoms with Gasteiger partial charge in [0.05, 0.1) is 11.7 Å². The number of carbonyl (C=O) groups is 1. The lowest BCUT2D eigenvalue weighted by Crippen LogP contribution is -2.40. The van der Waals surface area contributed by atoms with Crippen molar-refractivity contribution >= 4 is 28.2 Å². The molecule has 0 radical (unpaired) electrons. The van der Waals surface area contributed by atoms with Crippen LogP contribution in [0.1, 0.15) is 24.0 Å². The molecule has 124 valence electrons. The third-order valence-corrected chi connectivity index (χ3v) is 4.49. The molecule has 1 aliphatic rings. The number of piperidine rings is 1. The van der Waals surface area contributed by atoms with Gasteiger partial charge in [0, 0.05) is 19.3 Å². The number of rotatable bonds is 5. The Morgan fingerprint density at radius 1 is 1.32 bits per heavy atom. The van der Waals surface area contributed by atoms with Gasteiger partial charge in [-0.25, -0.2) is 8.42 Å². The lowest BCUT2D eigenvalue weighted by atomic mass is 9.98. The van der Waals surface area contributed by atoms with E-state index in [2.05, 4.69) is 10.6 Å². The van der Waals surface area contributed by atoms with Gasteiger partial charge in [-0.1, -0.05) is 24.3 Å². The minimum absolute atomic E-state index is 0. The Morgan fingerprint density at radius 3 is 2.59 bits per heavy atom. The van der Waals surface area contributed by atoms with Gasteiger partial charge >= 0.3 is 0 Å². The maximum atomic E-state index is 12.1. The predicted molar refractivity (Wildman–Crippen MR) is 89.7 cm³/mol. The van der Waals surface area contributed by atoms with E-state index in [1.165, 1.54) is 6.26 Å². The average molecular weight is 347 g/mol. The number of carbonyl (C=O) groups excluding carboxylic acids is 1. The Morgan fingerprint density at radius 2 is 2.00 bits per heavy atom. The molecule has 1 aliphatic heterocycles. The minimum atomic E-state index is -3.08. The minimum Gasteiger partial charge on any atom is -0.352 e. The molecule has 1 saturated heterocycles. The summed E-state index contributed by atoms with van der Waals surface area (Å²) in [5, 5.41) is 6.14. The van der Waals surface area contributed by atoms with E-state index in [1.54, 1.807) is 6.07 Å². The van der Waals surface area contributed by atoms with E-state index in [9.17, 15) is 13.2 Å². The van der Waals surface area contributed by atoms with E-state index < -0.39 is 9.84 Å². The first-order valence-electron chi connectivity index (χ1n) is 7.18. The van der Waals surface area contributed by atoms with E-state index in [-0.39, 0.29) is 30.0 Å². The zero-order valence-corrected chi connectivity index (χ0v) is 14.3. The van der Waals surface area contributed by atoms with Crippen molar-refractivity contribution in [2.24, 2.45) is 5.92 Å². The van der Waals surface area contributed by atoms with Crippen LogP contribution in [0.15, 0.2) is 24.3 Å². The number of hydrogen-bond acceptors (Lipinski definition) is 4. The maximum Gasteiger partial charge on any atom is 0.224 e. The molecule has 1 aromatic rings. The van der Waals surface area contributed by atoms with Crippen molar-refractivity contribution in [1.29, 1.82) is 0 Å². The third-order valence-electron chi connectivity index (χ3n) is 3.66. The van der Waals surface area contributed by atoms with Crippen LogP contribution in [0, 0.1) is 5.92 Å². The van der Waals surface area contributed by atoms with Crippen LogP contribution in [0.3, 0.4) is 0 Å². The summed E-state index contributed by atoms with van der Waals surface area (Å²) in [4.78, 5) is 12.1. The highest BCUT2D eigenvalue weighted by Gasteiger charge is 2.20. The molecule has 0 spiro atoms.